The fraction of sp³-hybridized carbons (Fsp3) is 0.276. The van der Waals surface area contributed by atoms with Crippen LogP contribution in [0.3, 0.4) is 0 Å². The highest BCUT2D eigenvalue weighted by molar-refractivity contribution is 7.90. The number of amides is 3. The second-order valence-electron chi connectivity index (χ2n) is 9.18. The SMILES string of the molecule is CCNC(=O)C(Cc1ccccc1)N(Cc1ccccc1C)C(=O)CCN1C(=O)c2ccccc2S1(=O)=O. The Morgan fingerprint density at radius 2 is 1.61 bits per heavy atom. The summed E-state index contributed by atoms with van der Waals surface area (Å²) in [7, 11) is -4.04. The molecule has 1 atom stereocenters. The Hall–Kier alpha value is -3.98. The second kappa shape index (κ2) is 11.6. The highest BCUT2D eigenvalue weighted by Crippen LogP contribution is 2.30. The quantitative estimate of drug-likeness (QED) is 0.431. The molecule has 9 heteroatoms. The zero-order valence-corrected chi connectivity index (χ0v) is 22.3. The summed E-state index contributed by atoms with van der Waals surface area (Å²) in [6.07, 6.45) is 0.0339. The van der Waals surface area contributed by atoms with E-state index in [1.807, 2.05) is 68.4 Å². The minimum absolute atomic E-state index is 0.0570. The second-order valence-corrected chi connectivity index (χ2v) is 11.0. The Kier molecular flexibility index (Phi) is 8.26. The molecule has 0 saturated carbocycles. The molecule has 198 valence electrons. The van der Waals surface area contributed by atoms with E-state index in [0.717, 1.165) is 21.0 Å². The predicted octanol–water partition coefficient (Wildman–Crippen LogP) is 3.31. The van der Waals surface area contributed by atoms with Crippen molar-refractivity contribution in [3.05, 3.63) is 101 Å². The first kappa shape index (κ1) is 27.1. The molecule has 0 radical (unpaired) electrons. The van der Waals surface area contributed by atoms with Crippen LogP contribution >= 0.6 is 0 Å². The van der Waals surface area contributed by atoms with Crippen LogP contribution in [0.15, 0.2) is 83.8 Å². The van der Waals surface area contributed by atoms with Gasteiger partial charge in [0.05, 0.1) is 5.56 Å². The van der Waals surface area contributed by atoms with E-state index in [4.69, 9.17) is 0 Å². The van der Waals surface area contributed by atoms with E-state index in [9.17, 15) is 22.8 Å². The Labute approximate surface area is 223 Å². The maximum atomic E-state index is 13.8. The summed E-state index contributed by atoms with van der Waals surface area (Å²) in [6, 6.07) is 22.2. The van der Waals surface area contributed by atoms with E-state index in [1.165, 1.54) is 17.0 Å². The summed E-state index contributed by atoms with van der Waals surface area (Å²) in [5.74, 6) is -1.36. The summed E-state index contributed by atoms with van der Waals surface area (Å²) < 4.78 is 26.7. The van der Waals surface area contributed by atoms with Crippen molar-refractivity contribution in [1.82, 2.24) is 14.5 Å². The number of hydrogen-bond acceptors (Lipinski definition) is 5. The first-order valence-electron chi connectivity index (χ1n) is 12.6. The van der Waals surface area contributed by atoms with Crippen molar-refractivity contribution in [3.8, 4) is 0 Å². The minimum atomic E-state index is -4.04. The molecule has 0 aliphatic carbocycles. The number of sulfonamides is 1. The van der Waals surface area contributed by atoms with Gasteiger partial charge in [0, 0.05) is 32.5 Å². The van der Waals surface area contributed by atoms with Gasteiger partial charge in [-0.3, -0.25) is 14.4 Å². The molecule has 38 heavy (non-hydrogen) atoms. The first-order chi connectivity index (χ1) is 18.2. The third-order valence-electron chi connectivity index (χ3n) is 6.66. The number of carbonyl (C=O) groups is 3. The fourth-order valence-corrected chi connectivity index (χ4v) is 6.18. The van der Waals surface area contributed by atoms with E-state index in [1.54, 1.807) is 12.1 Å². The van der Waals surface area contributed by atoms with Crippen LogP contribution in [0.5, 0.6) is 0 Å². The molecule has 0 fully saturated rings. The van der Waals surface area contributed by atoms with Crippen LogP contribution in [0.4, 0.5) is 0 Å². The van der Waals surface area contributed by atoms with Crippen LogP contribution in [0.2, 0.25) is 0 Å². The van der Waals surface area contributed by atoms with Crippen LogP contribution in [0.25, 0.3) is 0 Å². The minimum Gasteiger partial charge on any atom is -0.355 e. The fourth-order valence-electron chi connectivity index (χ4n) is 4.61. The Balaban J connectivity index is 1.63. The van der Waals surface area contributed by atoms with Crippen LogP contribution in [-0.2, 0) is 32.6 Å². The lowest BCUT2D eigenvalue weighted by atomic mass is 10.0. The molecular formula is C29H31N3O5S. The number of nitrogens with one attached hydrogen (secondary N) is 1. The average molecular weight is 534 g/mol. The number of benzene rings is 3. The zero-order chi connectivity index (χ0) is 27.3. The molecule has 3 aromatic carbocycles. The van der Waals surface area contributed by atoms with Gasteiger partial charge in [0.15, 0.2) is 0 Å². The van der Waals surface area contributed by atoms with Gasteiger partial charge in [-0.1, -0.05) is 66.7 Å². The number of fused-ring (bicyclic) bond motifs is 1. The molecule has 3 amide bonds. The van der Waals surface area contributed by atoms with Crippen molar-refractivity contribution in [2.75, 3.05) is 13.1 Å². The number of carbonyl (C=O) groups excluding carboxylic acids is 3. The molecule has 0 saturated heterocycles. The van der Waals surface area contributed by atoms with Gasteiger partial charge in [0.2, 0.25) is 11.8 Å². The molecule has 3 aromatic rings. The highest BCUT2D eigenvalue weighted by Gasteiger charge is 2.41. The lowest BCUT2D eigenvalue weighted by molar-refractivity contribution is -0.141. The molecule has 8 nitrogen and oxygen atoms in total. The predicted molar refractivity (Wildman–Crippen MR) is 144 cm³/mol. The maximum Gasteiger partial charge on any atom is 0.269 e. The van der Waals surface area contributed by atoms with E-state index in [2.05, 4.69) is 5.32 Å². The zero-order valence-electron chi connectivity index (χ0n) is 21.5. The summed E-state index contributed by atoms with van der Waals surface area (Å²) in [5.41, 5.74) is 2.83. The first-order valence-corrected chi connectivity index (χ1v) is 14.0. The summed E-state index contributed by atoms with van der Waals surface area (Å²) >= 11 is 0. The largest absolute Gasteiger partial charge is 0.355 e. The van der Waals surface area contributed by atoms with Gasteiger partial charge in [0.25, 0.3) is 15.9 Å². The summed E-state index contributed by atoms with van der Waals surface area (Å²) in [4.78, 5) is 41.3. The van der Waals surface area contributed by atoms with Gasteiger partial charge in [-0.05, 0) is 42.7 Å². The maximum absolute atomic E-state index is 13.8. The van der Waals surface area contributed by atoms with E-state index in [-0.39, 0.29) is 42.3 Å². The third kappa shape index (κ3) is 5.62. The van der Waals surface area contributed by atoms with Crippen molar-refractivity contribution in [3.63, 3.8) is 0 Å². The van der Waals surface area contributed by atoms with E-state index in [0.29, 0.717) is 6.54 Å². The molecule has 0 spiro atoms. The summed E-state index contributed by atoms with van der Waals surface area (Å²) in [6.45, 7) is 4.00. The Morgan fingerprint density at radius 3 is 2.29 bits per heavy atom. The standard InChI is InChI=1S/C29H31N3O5S/c1-3-30-28(34)25(19-22-12-5-4-6-13-22)31(20-23-14-8-7-11-21(23)2)27(33)17-18-32-29(35)24-15-9-10-16-26(24)38(32,36)37/h4-16,25H,3,17-20H2,1-2H3,(H,30,34). The van der Waals surface area contributed by atoms with E-state index < -0.39 is 27.9 Å². The van der Waals surface area contributed by atoms with E-state index >= 15 is 0 Å². The number of nitrogens with zero attached hydrogens (tertiary/aromatic N) is 2. The molecule has 1 aliphatic rings. The molecule has 1 aliphatic heterocycles. The van der Waals surface area contributed by atoms with Gasteiger partial charge in [-0.15, -0.1) is 0 Å². The topological polar surface area (TPSA) is 104 Å². The van der Waals surface area contributed by atoms with Crippen molar-refractivity contribution >= 4 is 27.7 Å². The molecule has 4 rings (SSSR count). The normalized spacial score (nSPS) is 14.6. The van der Waals surface area contributed by atoms with Gasteiger partial charge in [-0.2, -0.15) is 0 Å². The van der Waals surface area contributed by atoms with Gasteiger partial charge < -0.3 is 10.2 Å². The smallest absolute Gasteiger partial charge is 0.269 e. The van der Waals surface area contributed by atoms with Gasteiger partial charge in [-0.25, -0.2) is 12.7 Å². The molecule has 0 bridgehead atoms. The highest BCUT2D eigenvalue weighted by atomic mass is 32.2. The number of rotatable bonds is 10. The molecule has 1 heterocycles. The molecule has 1 unspecified atom stereocenters. The van der Waals surface area contributed by atoms with Crippen LogP contribution in [-0.4, -0.2) is 54.5 Å². The summed E-state index contributed by atoms with van der Waals surface area (Å²) in [5, 5.41) is 2.84. The molecule has 1 N–H and O–H groups in total. The third-order valence-corrected chi connectivity index (χ3v) is 8.51. The van der Waals surface area contributed by atoms with Crippen LogP contribution < -0.4 is 5.32 Å². The number of likely N-dealkylation sites (N-methyl/N-ethyl adjacent to an activating group) is 1. The van der Waals surface area contributed by atoms with Gasteiger partial charge in [0.1, 0.15) is 10.9 Å². The molecular weight excluding hydrogens is 502 g/mol. The Morgan fingerprint density at radius 1 is 0.947 bits per heavy atom. The van der Waals surface area contributed by atoms with Crippen molar-refractivity contribution < 1.29 is 22.8 Å². The van der Waals surface area contributed by atoms with Crippen LogP contribution in [0.1, 0.15) is 40.4 Å². The lowest BCUT2D eigenvalue weighted by Crippen LogP contribution is -2.51. The van der Waals surface area contributed by atoms with Crippen molar-refractivity contribution in [1.29, 1.82) is 0 Å². The number of hydrogen-bond donors (Lipinski definition) is 1. The van der Waals surface area contributed by atoms with Gasteiger partial charge >= 0.3 is 0 Å². The van der Waals surface area contributed by atoms with Crippen LogP contribution in [0, 0.1) is 6.92 Å². The number of aryl methyl sites for hydroxylation is 1. The monoisotopic (exact) mass is 533 g/mol. The van der Waals surface area contributed by atoms with Crippen molar-refractivity contribution in [2.24, 2.45) is 0 Å². The Bertz CT molecular complexity index is 1440. The van der Waals surface area contributed by atoms with Crippen molar-refractivity contribution in [2.45, 2.75) is 44.2 Å². The molecule has 0 aromatic heterocycles. The lowest BCUT2D eigenvalue weighted by Gasteiger charge is -2.32. The average Bonchev–Trinajstić information content (AvgIpc) is 3.11.